The number of hydrogen-bond acceptors (Lipinski definition) is 3. The fourth-order valence-electron chi connectivity index (χ4n) is 1.27. The molecule has 104 valence electrons. The Balaban J connectivity index is 2.72. The van der Waals surface area contributed by atoms with Gasteiger partial charge in [-0.05, 0) is 37.8 Å². The van der Waals surface area contributed by atoms with Gasteiger partial charge in [0.15, 0.2) is 0 Å². The van der Waals surface area contributed by atoms with Crippen LogP contribution < -0.4 is 0 Å². The molecule has 0 N–H and O–H groups in total. The third-order valence-corrected chi connectivity index (χ3v) is 3.85. The number of ether oxygens (including phenoxy) is 1. The maximum absolute atomic E-state index is 5.95. The van der Waals surface area contributed by atoms with Crippen LogP contribution in [-0.4, -0.2) is 15.4 Å². The highest BCUT2D eigenvalue weighted by molar-refractivity contribution is 8.03. The summed E-state index contributed by atoms with van der Waals surface area (Å²) < 4.78 is 11.0. The van der Waals surface area contributed by atoms with Crippen molar-refractivity contribution >= 4 is 31.7 Å². The van der Waals surface area contributed by atoms with Crippen LogP contribution in [0.15, 0.2) is 52.7 Å². The normalized spacial score (nSPS) is 12.2. The molecule has 1 rings (SSSR count). The van der Waals surface area contributed by atoms with Gasteiger partial charge in [-0.25, -0.2) is 0 Å². The molecule has 2 nitrogen and oxygen atoms in total. The number of halogens is 1. The highest BCUT2D eigenvalue weighted by Crippen LogP contribution is 2.29. The zero-order valence-corrected chi connectivity index (χ0v) is 14.3. The number of methoxy groups -OCH3 is 1. The molecule has 0 unspecified atom stereocenters. The molecule has 0 aliphatic heterocycles. The van der Waals surface area contributed by atoms with E-state index in [1.165, 1.54) is 11.8 Å². The summed E-state index contributed by atoms with van der Waals surface area (Å²) >= 11 is 7.47. The van der Waals surface area contributed by atoms with Crippen molar-refractivity contribution < 1.29 is 9.16 Å². The van der Waals surface area contributed by atoms with Gasteiger partial charge in [0.1, 0.15) is 0 Å². The Bertz CT molecular complexity index is 481. The molecular formula is C14H19ClO2SSi. The van der Waals surface area contributed by atoms with Crippen LogP contribution in [0.1, 0.15) is 0 Å². The van der Waals surface area contributed by atoms with Gasteiger partial charge in [0.25, 0.3) is 5.95 Å². The average molecular weight is 315 g/mol. The number of thioether (sulfide) groups is 1. The third-order valence-electron chi connectivity index (χ3n) is 1.93. The molecule has 0 saturated heterocycles. The first kappa shape index (κ1) is 16.2. The fourth-order valence-corrected chi connectivity index (χ4v) is 3.07. The third kappa shape index (κ3) is 6.75. The van der Waals surface area contributed by atoms with Crippen LogP contribution in [0.2, 0.25) is 24.7 Å². The molecule has 5 heteroatoms. The topological polar surface area (TPSA) is 18.5 Å². The van der Waals surface area contributed by atoms with Gasteiger partial charge in [0, 0.05) is 20.9 Å². The molecule has 1 aromatic rings. The molecule has 1 aromatic carbocycles. The van der Waals surface area contributed by atoms with E-state index in [4.69, 9.17) is 20.8 Å². The number of hydrogen-bond donors (Lipinski definition) is 0. The van der Waals surface area contributed by atoms with Gasteiger partial charge in [-0.2, -0.15) is 0 Å². The molecule has 0 saturated carbocycles. The van der Waals surface area contributed by atoms with Crippen molar-refractivity contribution in [2.45, 2.75) is 24.5 Å². The van der Waals surface area contributed by atoms with E-state index in [0.717, 1.165) is 9.80 Å². The van der Waals surface area contributed by atoms with Crippen molar-refractivity contribution in [1.82, 2.24) is 0 Å². The molecule has 19 heavy (non-hydrogen) atoms. The van der Waals surface area contributed by atoms with Crippen LogP contribution in [-0.2, 0) is 9.16 Å². The lowest BCUT2D eigenvalue weighted by atomic mass is 10.4. The quantitative estimate of drug-likeness (QED) is 0.308. The Labute approximate surface area is 125 Å². The maximum atomic E-state index is 5.95. The lowest BCUT2D eigenvalue weighted by Gasteiger charge is -2.20. The predicted molar refractivity (Wildman–Crippen MR) is 86.0 cm³/mol. The maximum Gasteiger partial charge on any atom is 0.266 e. The highest BCUT2D eigenvalue weighted by atomic mass is 35.5. The van der Waals surface area contributed by atoms with Crippen LogP contribution >= 0.6 is 23.4 Å². The second-order valence-corrected chi connectivity index (χ2v) is 11.0. The SMILES string of the molecule is C=C(/C=C(\OC)O[Si](C)(C)C)Sc1cccc(Cl)c1. The minimum atomic E-state index is -1.67. The number of rotatable bonds is 6. The van der Waals surface area contributed by atoms with Gasteiger partial charge in [-0.15, -0.1) is 0 Å². The Morgan fingerprint density at radius 3 is 2.58 bits per heavy atom. The molecule has 0 amide bonds. The van der Waals surface area contributed by atoms with Crippen molar-refractivity contribution in [3.8, 4) is 0 Å². The van der Waals surface area contributed by atoms with E-state index in [-0.39, 0.29) is 0 Å². The Morgan fingerprint density at radius 2 is 2.05 bits per heavy atom. The Morgan fingerprint density at radius 1 is 1.37 bits per heavy atom. The largest absolute Gasteiger partial charge is 0.520 e. The van der Waals surface area contributed by atoms with E-state index in [1.807, 2.05) is 30.3 Å². The summed E-state index contributed by atoms with van der Waals surface area (Å²) in [5, 5.41) is 0.715. The van der Waals surface area contributed by atoms with Crippen LogP contribution in [0, 0.1) is 0 Å². The van der Waals surface area contributed by atoms with Crippen LogP contribution in [0.5, 0.6) is 0 Å². The first-order chi connectivity index (χ1) is 8.80. The summed E-state index contributed by atoms with van der Waals surface area (Å²) in [5.41, 5.74) is 0. The summed E-state index contributed by atoms with van der Waals surface area (Å²) in [5.74, 6) is 0.513. The lowest BCUT2D eigenvalue weighted by molar-refractivity contribution is 0.147. The van der Waals surface area contributed by atoms with Gasteiger partial charge >= 0.3 is 0 Å². The molecule has 0 heterocycles. The van der Waals surface area contributed by atoms with Crippen LogP contribution in [0.3, 0.4) is 0 Å². The van der Waals surface area contributed by atoms with E-state index in [0.29, 0.717) is 11.0 Å². The summed E-state index contributed by atoms with van der Waals surface area (Å²) in [7, 11) is -0.0734. The summed E-state index contributed by atoms with van der Waals surface area (Å²) in [4.78, 5) is 1.88. The first-order valence-electron chi connectivity index (χ1n) is 5.87. The summed E-state index contributed by atoms with van der Waals surface area (Å²) in [6, 6.07) is 7.65. The van der Waals surface area contributed by atoms with E-state index < -0.39 is 8.32 Å². The van der Waals surface area contributed by atoms with Crippen LogP contribution in [0.4, 0.5) is 0 Å². The minimum Gasteiger partial charge on any atom is -0.520 e. The molecule has 0 fully saturated rings. The predicted octanol–water partition coefficient (Wildman–Crippen LogP) is 5.29. The van der Waals surface area contributed by atoms with Gasteiger partial charge in [0.05, 0.1) is 7.11 Å². The van der Waals surface area contributed by atoms with Crippen molar-refractivity contribution in [2.75, 3.05) is 7.11 Å². The van der Waals surface area contributed by atoms with Crippen molar-refractivity contribution in [2.24, 2.45) is 0 Å². The minimum absolute atomic E-state index is 0.513. The molecule has 0 atom stereocenters. The summed E-state index contributed by atoms with van der Waals surface area (Å²) in [6.45, 7) is 10.3. The molecule has 0 bridgehead atoms. The standard InChI is InChI=1S/C14H19ClO2SSi/c1-11(9-14(16-2)17-19(3,4)5)18-13-8-6-7-12(15)10-13/h6-10H,1H2,2-5H3/b14-9+. The van der Waals surface area contributed by atoms with Crippen molar-refractivity contribution in [3.05, 3.63) is 52.8 Å². The molecule has 0 aliphatic rings. The van der Waals surface area contributed by atoms with Gasteiger partial charge in [-0.1, -0.05) is 36.0 Å². The van der Waals surface area contributed by atoms with E-state index >= 15 is 0 Å². The molecule has 0 radical (unpaired) electrons. The molecule has 0 aliphatic carbocycles. The fraction of sp³-hybridized carbons (Fsp3) is 0.286. The zero-order chi connectivity index (χ0) is 14.5. The Kier molecular flexibility index (Phi) is 6.04. The van der Waals surface area contributed by atoms with E-state index in [1.54, 1.807) is 7.11 Å². The second kappa shape index (κ2) is 7.08. The summed E-state index contributed by atoms with van der Waals surface area (Å²) in [6.07, 6.45) is 1.81. The lowest BCUT2D eigenvalue weighted by Crippen LogP contribution is -2.25. The number of benzene rings is 1. The zero-order valence-electron chi connectivity index (χ0n) is 11.7. The van der Waals surface area contributed by atoms with Gasteiger partial charge in [-0.3, -0.25) is 0 Å². The van der Waals surface area contributed by atoms with Crippen LogP contribution in [0.25, 0.3) is 0 Å². The van der Waals surface area contributed by atoms with Gasteiger partial charge in [0.2, 0.25) is 8.32 Å². The van der Waals surface area contributed by atoms with E-state index in [9.17, 15) is 0 Å². The average Bonchev–Trinajstić information content (AvgIpc) is 2.26. The van der Waals surface area contributed by atoms with Crippen molar-refractivity contribution in [3.63, 3.8) is 0 Å². The molecule has 0 spiro atoms. The smallest absolute Gasteiger partial charge is 0.266 e. The second-order valence-electron chi connectivity index (χ2n) is 4.91. The molecule has 0 aromatic heterocycles. The highest BCUT2D eigenvalue weighted by Gasteiger charge is 2.18. The number of allylic oxidation sites excluding steroid dienone is 1. The molecular weight excluding hydrogens is 296 g/mol. The van der Waals surface area contributed by atoms with Crippen molar-refractivity contribution in [1.29, 1.82) is 0 Å². The first-order valence-corrected chi connectivity index (χ1v) is 10.5. The monoisotopic (exact) mass is 314 g/mol. The Hall–Kier alpha value is -0.843. The van der Waals surface area contributed by atoms with Gasteiger partial charge < -0.3 is 9.16 Å². The van der Waals surface area contributed by atoms with E-state index in [2.05, 4.69) is 26.2 Å².